The van der Waals surface area contributed by atoms with Crippen LogP contribution in [0.25, 0.3) is 11.0 Å². The first kappa shape index (κ1) is 23.2. The zero-order chi connectivity index (χ0) is 24.2. The topological polar surface area (TPSA) is 114 Å². The Bertz CT molecular complexity index is 1190. The van der Waals surface area contributed by atoms with Crippen molar-refractivity contribution in [1.82, 2.24) is 25.3 Å². The van der Waals surface area contributed by atoms with Gasteiger partial charge in [0, 0.05) is 56.0 Å². The minimum Gasteiger partial charge on any atom is -0.488 e. The number of carbonyl (C=O) groups excluding carboxylic acids is 1. The van der Waals surface area contributed by atoms with Gasteiger partial charge in [-0.2, -0.15) is 0 Å². The maximum atomic E-state index is 12.0. The largest absolute Gasteiger partial charge is 0.488 e. The Morgan fingerprint density at radius 2 is 1.83 bits per heavy atom. The molecular weight excluding hydrogens is 446 g/mol. The zero-order valence-electron chi connectivity index (χ0n) is 20.2. The third-order valence-corrected chi connectivity index (χ3v) is 6.51. The SMILES string of the molecule is CNC(=O)c1cc(C)nc(NC2CCC(Oc3cc(N4CCOCC4)cc4nccnc34)CC2)n1. The van der Waals surface area contributed by atoms with E-state index in [1.807, 2.05) is 6.92 Å². The van der Waals surface area contributed by atoms with Crippen molar-refractivity contribution in [3.05, 3.63) is 42.0 Å². The van der Waals surface area contributed by atoms with Crippen molar-refractivity contribution in [2.75, 3.05) is 43.6 Å². The van der Waals surface area contributed by atoms with Crippen molar-refractivity contribution < 1.29 is 14.3 Å². The molecule has 1 aliphatic carbocycles. The van der Waals surface area contributed by atoms with Crippen LogP contribution >= 0.6 is 0 Å². The molecule has 10 nitrogen and oxygen atoms in total. The van der Waals surface area contributed by atoms with Crippen LogP contribution in [0.1, 0.15) is 41.9 Å². The van der Waals surface area contributed by atoms with E-state index >= 15 is 0 Å². The molecule has 0 atom stereocenters. The van der Waals surface area contributed by atoms with Gasteiger partial charge >= 0.3 is 0 Å². The van der Waals surface area contributed by atoms with Crippen LogP contribution in [0.4, 0.5) is 11.6 Å². The monoisotopic (exact) mass is 477 g/mol. The summed E-state index contributed by atoms with van der Waals surface area (Å²) >= 11 is 0. The van der Waals surface area contributed by atoms with Gasteiger partial charge in [0.2, 0.25) is 5.95 Å². The van der Waals surface area contributed by atoms with Crippen LogP contribution in [0.5, 0.6) is 5.75 Å². The number of aryl methyl sites for hydroxylation is 1. The molecule has 1 saturated carbocycles. The van der Waals surface area contributed by atoms with E-state index in [9.17, 15) is 4.79 Å². The summed E-state index contributed by atoms with van der Waals surface area (Å²) in [7, 11) is 1.60. The third-order valence-electron chi connectivity index (χ3n) is 6.51. The van der Waals surface area contributed by atoms with Gasteiger partial charge in [0.1, 0.15) is 17.0 Å². The van der Waals surface area contributed by atoms with Crippen molar-refractivity contribution in [1.29, 1.82) is 0 Å². The molecule has 0 bridgehead atoms. The first-order valence-corrected chi connectivity index (χ1v) is 12.2. The molecule has 2 N–H and O–H groups in total. The number of carbonyl (C=O) groups is 1. The number of aromatic nitrogens is 4. The van der Waals surface area contributed by atoms with Crippen LogP contribution in [-0.2, 0) is 4.74 Å². The summed E-state index contributed by atoms with van der Waals surface area (Å²) in [5, 5.41) is 6.02. The number of hydrogen-bond donors (Lipinski definition) is 2. The van der Waals surface area contributed by atoms with Gasteiger partial charge in [0.25, 0.3) is 5.91 Å². The number of benzene rings is 1. The van der Waals surface area contributed by atoms with Crippen molar-refractivity contribution in [3.63, 3.8) is 0 Å². The quantitative estimate of drug-likeness (QED) is 0.553. The number of fused-ring (bicyclic) bond motifs is 1. The lowest BCUT2D eigenvalue weighted by atomic mass is 9.93. The summed E-state index contributed by atoms with van der Waals surface area (Å²) < 4.78 is 12.0. The van der Waals surface area contributed by atoms with E-state index in [-0.39, 0.29) is 18.1 Å². The molecule has 2 aliphatic rings. The molecule has 184 valence electrons. The standard InChI is InChI=1S/C25H31N7O3/c1-16-13-21(24(33)26-2)31-25(29-16)30-17-3-5-19(6-4-17)35-22-15-18(32-9-11-34-12-10-32)14-20-23(22)28-8-7-27-20/h7-8,13-15,17,19H,3-6,9-12H2,1-2H3,(H,26,33)(H,29,30,31). The molecule has 35 heavy (non-hydrogen) atoms. The van der Waals surface area contributed by atoms with Crippen LogP contribution in [-0.4, -0.2) is 71.3 Å². The molecule has 1 aliphatic heterocycles. The lowest BCUT2D eigenvalue weighted by molar-refractivity contribution is 0.0958. The molecule has 0 radical (unpaired) electrons. The number of rotatable bonds is 6. The summed E-state index contributed by atoms with van der Waals surface area (Å²) in [6.45, 7) is 5.01. The predicted octanol–water partition coefficient (Wildman–Crippen LogP) is 2.73. The van der Waals surface area contributed by atoms with E-state index in [1.165, 1.54) is 0 Å². The average molecular weight is 478 g/mol. The van der Waals surface area contributed by atoms with Gasteiger partial charge in [-0.15, -0.1) is 0 Å². The molecule has 10 heteroatoms. The average Bonchev–Trinajstić information content (AvgIpc) is 2.89. The highest BCUT2D eigenvalue weighted by molar-refractivity contribution is 5.92. The molecule has 0 unspecified atom stereocenters. The van der Waals surface area contributed by atoms with Crippen LogP contribution in [0.2, 0.25) is 0 Å². The van der Waals surface area contributed by atoms with Crippen LogP contribution in [0.3, 0.4) is 0 Å². The zero-order valence-corrected chi connectivity index (χ0v) is 20.2. The van der Waals surface area contributed by atoms with Gasteiger partial charge in [-0.1, -0.05) is 0 Å². The second-order valence-corrected chi connectivity index (χ2v) is 9.00. The van der Waals surface area contributed by atoms with Gasteiger partial charge in [-0.3, -0.25) is 9.78 Å². The summed E-state index contributed by atoms with van der Waals surface area (Å²) in [6, 6.07) is 6.09. The molecule has 1 saturated heterocycles. The number of anilines is 2. The smallest absolute Gasteiger partial charge is 0.269 e. The number of amides is 1. The predicted molar refractivity (Wildman–Crippen MR) is 133 cm³/mol. The summed E-state index contributed by atoms with van der Waals surface area (Å²) in [5.74, 6) is 1.06. The Hall–Kier alpha value is -3.53. The van der Waals surface area contributed by atoms with Gasteiger partial charge in [0.05, 0.1) is 24.8 Å². The van der Waals surface area contributed by atoms with E-state index in [0.717, 1.165) is 80.2 Å². The summed E-state index contributed by atoms with van der Waals surface area (Å²) in [6.07, 6.45) is 7.16. The maximum absolute atomic E-state index is 12.0. The number of nitrogens with zero attached hydrogens (tertiary/aromatic N) is 5. The number of hydrogen-bond acceptors (Lipinski definition) is 9. The molecule has 1 amide bonds. The van der Waals surface area contributed by atoms with Gasteiger partial charge in [-0.05, 0) is 44.7 Å². The second-order valence-electron chi connectivity index (χ2n) is 9.00. The highest BCUT2D eigenvalue weighted by Gasteiger charge is 2.25. The molecule has 1 aromatic carbocycles. The normalized spacial score (nSPS) is 20.5. The van der Waals surface area contributed by atoms with Gasteiger partial charge in [0.15, 0.2) is 0 Å². The second kappa shape index (κ2) is 10.4. The maximum Gasteiger partial charge on any atom is 0.269 e. The van der Waals surface area contributed by atoms with Crippen LogP contribution in [0.15, 0.2) is 30.6 Å². The lowest BCUT2D eigenvalue weighted by Gasteiger charge is -2.31. The van der Waals surface area contributed by atoms with Crippen molar-refractivity contribution >= 4 is 28.6 Å². The fourth-order valence-corrected chi connectivity index (χ4v) is 4.69. The van der Waals surface area contributed by atoms with E-state index < -0.39 is 0 Å². The van der Waals surface area contributed by atoms with Crippen LogP contribution in [0, 0.1) is 6.92 Å². The Morgan fingerprint density at radius 3 is 2.60 bits per heavy atom. The first-order valence-electron chi connectivity index (χ1n) is 12.2. The molecule has 3 aromatic rings. The fraction of sp³-hybridized carbons (Fsp3) is 0.480. The van der Waals surface area contributed by atoms with Gasteiger partial charge < -0.3 is 25.0 Å². The molecule has 2 aromatic heterocycles. The minimum atomic E-state index is -0.217. The highest BCUT2D eigenvalue weighted by Crippen LogP contribution is 2.33. The third kappa shape index (κ3) is 5.43. The van der Waals surface area contributed by atoms with E-state index in [2.05, 4.69) is 47.6 Å². The van der Waals surface area contributed by atoms with E-state index in [0.29, 0.717) is 11.6 Å². The fourth-order valence-electron chi connectivity index (χ4n) is 4.69. The Kier molecular flexibility index (Phi) is 6.89. The van der Waals surface area contributed by atoms with Gasteiger partial charge in [-0.25, -0.2) is 15.0 Å². The van der Waals surface area contributed by atoms with Crippen molar-refractivity contribution in [2.24, 2.45) is 0 Å². The molecule has 0 spiro atoms. The Morgan fingerprint density at radius 1 is 1.06 bits per heavy atom. The van der Waals surface area contributed by atoms with E-state index in [4.69, 9.17) is 9.47 Å². The summed E-state index contributed by atoms with van der Waals surface area (Å²) in [4.78, 5) is 32.2. The molecular formula is C25H31N7O3. The Balaban J connectivity index is 1.26. The number of ether oxygens (including phenoxy) is 2. The minimum absolute atomic E-state index is 0.0954. The van der Waals surface area contributed by atoms with Crippen LogP contribution < -0.4 is 20.3 Å². The molecule has 2 fully saturated rings. The molecule has 3 heterocycles. The molecule has 5 rings (SSSR count). The van der Waals surface area contributed by atoms with Crippen molar-refractivity contribution in [2.45, 2.75) is 44.8 Å². The lowest BCUT2D eigenvalue weighted by Crippen LogP contribution is -2.36. The van der Waals surface area contributed by atoms with E-state index in [1.54, 1.807) is 25.5 Å². The Labute approximate surface area is 204 Å². The number of nitrogens with one attached hydrogen (secondary N) is 2. The summed E-state index contributed by atoms with van der Waals surface area (Å²) in [5.41, 5.74) is 3.85. The first-order chi connectivity index (χ1) is 17.1. The number of morpholine rings is 1. The van der Waals surface area contributed by atoms with Crippen molar-refractivity contribution in [3.8, 4) is 5.75 Å². The highest BCUT2D eigenvalue weighted by atomic mass is 16.5.